The van der Waals surface area contributed by atoms with Gasteiger partial charge in [0.25, 0.3) is 0 Å². The van der Waals surface area contributed by atoms with Crippen LogP contribution in [-0.2, 0) is 6.54 Å². The average Bonchev–Trinajstić information content (AvgIpc) is 2.49. The second kappa shape index (κ2) is 6.89. The van der Waals surface area contributed by atoms with Crippen LogP contribution in [0.25, 0.3) is 0 Å². The summed E-state index contributed by atoms with van der Waals surface area (Å²) < 4.78 is 0. The van der Waals surface area contributed by atoms with Crippen LogP contribution in [0, 0.1) is 12.8 Å². The molecule has 1 saturated heterocycles. The van der Waals surface area contributed by atoms with Crippen molar-refractivity contribution in [3.05, 3.63) is 29.6 Å². The van der Waals surface area contributed by atoms with Gasteiger partial charge in [-0.15, -0.1) is 0 Å². The zero-order valence-electron chi connectivity index (χ0n) is 14.3. The predicted octanol–water partition coefficient (Wildman–Crippen LogP) is 3.38. The SMILES string of the molecule is CCC1(CC)CNC(C(C)C)CN1Cc1ncccc1C. The fraction of sp³-hybridized carbons (Fsp3) is 0.722. The quantitative estimate of drug-likeness (QED) is 0.900. The van der Waals surface area contributed by atoms with E-state index in [4.69, 9.17) is 0 Å². The maximum atomic E-state index is 4.61. The van der Waals surface area contributed by atoms with Crippen LogP contribution in [0.3, 0.4) is 0 Å². The molecule has 0 aliphatic carbocycles. The van der Waals surface area contributed by atoms with E-state index >= 15 is 0 Å². The van der Waals surface area contributed by atoms with Crippen molar-refractivity contribution in [3.8, 4) is 0 Å². The lowest BCUT2D eigenvalue weighted by Crippen LogP contribution is -2.64. The van der Waals surface area contributed by atoms with E-state index in [0.717, 1.165) is 19.6 Å². The normalized spacial score (nSPS) is 22.7. The van der Waals surface area contributed by atoms with Gasteiger partial charge >= 0.3 is 0 Å². The molecule has 0 amide bonds. The standard InChI is InChI=1S/C18H31N3/c1-6-18(7-2)13-20-16(14(3)4)11-21(18)12-17-15(5)9-8-10-19-17/h8-10,14,16,20H,6-7,11-13H2,1-5H3. The number of pyridine rings is 1. The summed E-state index contributed by atoms with van der Waals surface area (Å²) in [5, 5.41) is 3.78. The van der Waals surface area contributed by atoms with Gasteiger partial charge in [0.2, 0.25) is 0 Å². The summed E-state index contributed by atoms with van der Waals surface area (Å²) in [6, 6.07) is 4.78. The van der Waals surface area contributed by atoms with Gasteiger partial charge in [-0.05, 0) is 37.3 Å². The Bertz CT molecular complexity index is 452. The van der Waals surface area contributed by atoms with Crippen LogP contribution in [0.5, 0.6) is 0 Å². The van der Waals surface area contributed by atoms with E-state index in [1.165, 1.54) is 24.1 Å². The number of piperazine rings is 1. The molecule has 2 heterocycles. The van der Waals surface area contributed by atoms with Crippen molar-refractivity contribution >= 4 is 0 Å². The molecule has 1 aliphatic heterocycles. The molecule has 1 atom stereocenters. The Kier molecular flexibility index (Phi) is 5.39. The summed E-state index contributed by atoms with van der Waals surface area (Å²) in [7, 11) is 0. The summed E-state index contributed by atoms with van der Waals surface area (Å²) in [5.74, 6) is 0.670. The van der Waals surface area contributed by atoms with Crippen LogP contribution in [0.2, 0.25) is 0 Å². The number of aromatic nitrogens is 1. The number of rotatable bonds is 5. The topological polar surface area (TPSA) is 28.2 Å². The minimum atomic E-state index is 0.273. The molecule has 0 saturated carbocycles. The van der Waals surface area contributed by atoms with Crippen molar-refractivity contribution in [2.75, 3.05) is 13.1 Å². The molecule has 1 aromatic heterocycles. The Morgan fingerprint density at radius 2 is 2.10 bits per heavy atom. The summed E-state index contributed by atoms with van der Waals surface area (Å²) in [4.78, 5) is 7.30. The maximum Gasteiger partial charge on any atom is 0.0573 e. The second-order valence-electron chi connectivity index (χ2n) is 6.81. The van der Waals surface area contributed by atoms with Crippen LogP contribution >= 0.6 is 0 Å². The smallest absolute Gasteiger partial charge is 0.0573 e. The van der Waals surface area contributed by atoms with Crippen LogP contribution in [0.15, 0.2) is 18.3 Å². The Morgan fingerprint density at radius 1 is 1.38 bits per heavy atom. The molecule has 118 valence electrons. The van der Waals surface area contributed by atoms with Crippen molar-refractivity contribution in [2.24, 2.45) is 5.92 Å². The third-order valence-electron chi connectivity index (χ3n) is 5.36. The van der Waals surface area contributed by atoms with Crippen LogP contribution in [0.4, 0.5) is 0 Å². The van der Waals surface area contributed by atoms with Crippen LogP contribution < -0.4 is 5.32 Å². The summed E-state index contributed by atoms with van der Waals surface area (Å²) in [6.07, 6.45) is 4.30. The molecule has 1 fully saturated rings. The largest absolute Gasteiger partial charge is 0.311 e. The molecule has 0 radical (unpaired) electrons. The number of aryl methyl sites for hydroxylation is 1. The number of hydrogen-bond acceptors (Lipinski definition) is 3. The minimum absolute atomic E-state index is 0.273. The molecule has 1 aromatic rings. The first-order valence-corrected chi connectivity index (χ1v) is 8.41. The van der Waals surface area contributed by atoms with Crippen molar-refractivity contribution in [2.45, 2.75) is 65.6 Å². The van der Waals surface area contributed by atoms with E-state index in [9.17, 15) is 0 Å². The number of nitrogens with zero attached hydrogens (tertiary/aromatic N) is 2. The lowest BCUT2D eigenvalue weighted by molar-refractivity contribution is 0.0145. The molecule has 3 heteroatoms. The second-order valence-corrected chi connectivity index (χ2v) is 6.81. The molecule has 1 unspecified atom stereocenters. The Hall–Kier alpha value is -0.930. The van der Waals surface area contributed by atoms with E-state index < -0.39 is 0 Å². The van der Waals surface area contributed by atoms with Crippen molar-refractivity contribution in [3.63, 3.8) is 0 Å². The fourth-order valence-corrected chi connectivity index (χ4v) is 3.42. The third kappa shape index (κ3) is 3.46. The summed E-state index contributed by atoms with van der Waals surface area (Å²) >= 11 is 0. The van der Waals surface area contributed by atoms with Crippen LogP contribution in [0.1, 0.15) is 51.8 Å². The zero-order valence-corrected chi connectivity index (χ0v) is 14.3. The van der Waals surface area contributed by atoms with Gasteiger partial charge in [-0.25, -0.2) is 0 Å². The monoisotopic (exact) mass is 289 g/mol. The van der Waals surface area contributed by atoms with Gasteiger partial charge in [0.05, 0.1) is 5.69 Å². The highest BCUT2D eigenvalue weighted by Gasteiger charge is 2.39. The molecule has 0 bridgehead atoms. The maximum absolute atomic E-state index is 4.61. The minimum Gasteiger partial charge on any atom is -0.311 e. The Balaban J connectivity index is 2.23. The number of hydrogen-bond donors (Lipinski definition) is 1. The van der Waals surface area contributed by atoms with Gasteiger partial charge < -0.3 is 5.32 Å². The van der Waals surface area contributed by atoms with Gasteiger partial charge in [0.15, 0.2) is 0 Å². The predicted molar refractivity (Wildman–Crippen MR) is 89.3 cm³/mol. The lowest BCUT2D eigenvalue weighted by Gasteiger charge is -2.50. The van der Waals surface area contributed by atoms with Crippen LogP contribution in [-0.4, -0.2) is 34.6 Å². The highest BCUT2D eigenvalue weighted by atomic mass is 15.3. The van der Waals surface area contributed by atoms with Gasteiger partial charge in [-0.3, -0.25) is 9.88 Å². The van der Waals surface area contributed by atoms with Crippen molar-refractivity contribution in [1.82, 2.24) is 15.2 Å². The summed E-state index contributed by atoms with van der Waals surface area (Å²) in [6.45, 7) is 14.6. The van der Waals surface area contributed by atoms with E-state index in [-0.39, 0.29) is 5.54 Å². The zero-order chi connectivity index (χ0) is 15.5. The molecule has 0 aromatic carbocycles. The number of nitrogens with one attached hydrogen (secondary N) is 1. The van der Waals surface area contributed by atoms with Gasteiger partial charge in [-0.2, -0.15) is 0 Å². The first-order chi connectivity index (χ1) is 10.0. The van der Waals surface area contributed by atoms with E-state index in [1.54, 1.807) is 0 Å². The first-order valence-electron chi connectivity index (χ1n) is 8.41. The Labute approximate surface area is 130 Å². The van der Waals surface area contributed by atoms with Gasteiger partial charge in [-0.1, -0.05) is 33.8 Å². The van der Waals surface area contributed by atoms with E-state index in [0.29, 0.717) is 12.0 Å². The molecule has 0 spiro atoms. The lowest BCUT2D eigenvalue weighted by atomic mass is 9.85. The Morgan fingerprint density at radius 3 is 2.67 bits per heavy atom. The molecule has 2 rings (SSSR count). The highest BCUT2D eigenvalue weighted by Crippen LogP contribution is 2.30. The van der Waals surface area contributed by atoms with E-state index in [1.807, 2.05) is 12.3 Å². The van der Waals surface area contributed by atoms with Gasteiger partial charge in [0, 0.05) is 37.4 Å². The first kappa shape index (κ1) is 16.4. The van der Waals surface area contributed by atoms with Crippen molar-refractivity contribution < 1.29 is 0 Å². The molecule has 1 N–H and O–H groups in total. The summed E-state index contributed by atoms with van der Waals surface area (Å²) in [5.41, 5.74) is 2.81. The molecular formula is C18H31N3. The van der Waals surface area contributed by atoms with Crippen molar-refractivity contribution in [1.29, 1.82) is 0 Å². The third-order valence-corrected chi connectivity index (χ3v) is 5.36. The highest BCUT2D eigenvalue weighted by molar-refractivity contribution is 5.18. The van der Waals surface area contributed by atoms with E-state index in [2.05, 4.69) is 55.9 Å². The van der Waals surface area contributed by atoms with Gasteiger partial charge in [0.1, 0.15) is 0 Å². The molecular weight excluding hydrogens is 258 g/mol. The molecule has 21 heavy (non-hydrogen) atoms. The molecule has 3 nitrogen and oxygen atoms in total. The molecule has 1 aliphatic rings. The average molecular weight is 289 g/mol. The fourth-order valence-electron chi connectivity index (χ4n) is 3.42.